The maximum atomic E-state index is 6.12. The van der Waals surface area contributed by atoms with Gasteiger partial charge in [-0.15, -0.1) is 0 Å². The number of ether oxygens (including phenoxy) is 2. The molecule has 0 amide bonds. The van der Waals surface area contributed by atoms with Crippen molar-refractivity contribution in [3.05, 3.63) is 35.5 Å². The van der Waals surface area contributed by atoms with Crippen LogP contribution in [-0.4, -0.2) is 25.1 Å². The van der Waals surface area contributed by atoms with Crippen molar-refractivity contribution in [2.45, 2.75) is 19.3 Å². The number of nitrogens with zero attached hydrogens (tertiary/aromatic N) is 1. The fraction of sp³-hybridized carbons (Fsp3) is 0.385. The lowest BCUT2D eigenvalue weighted by Gasteiger charge is -2.14. The fourth-order valence-corrected chi connectivity index (χ4v) is 2.19. The number of hydrogen-bond acceptors (Lipinski definition) is 2. The van der Waals surface area contributed by atoms with E-state index in [1.165, 1.54) is 0 Å². The number of benzene rings is 1. The first-order chi connectivity index (χ1) is 8.26. The minimum absolute atomic E-state index is 0.161. The van der Waals surface area contributed by atoms with Crippen LogP contribution in [0.5, 0.6) is 0 Å². The lowest BCUT2D eigenvalue weighted by Crippen LogP contribution is -2.15. The number of hydrogen-bond donors (Lipinski definition) is 0. The summed E-state index contributed by atoms with van der Waals surface area (Å²) in [6, 6.07) is 7.97. The molecule has 2 rings (SSSR count). The Balaban J connectivity index is 2.17. The Hall–Kier alpha value is -1.03. The van der Waals surface area contributed by atoms with Crippen LogP contribution < -0.4 is 0 Å². The van der Waals surface area contributed by atoms with E-state index in [1.807, 2.05) is 24.4 Å². The monoisotopic (exact) mass is 253 g/mol. The Labute approximate surface area is 106 Å². The van der Waals surface area contributed by atoms with Crippen molar-refractivity contribution in [2.24, 2.45) is 0 Å². The van der Waals surface area contributed by atoms with E-state index in [-0.39, 0.29) is 6.29 Å². The number of rotatable bonds is 5. The van der Waals surface area contributed by atoms with Gasteiger partial charge in [0.15, 0.2) is 6.29 Å². The van der Waals surface area contributed by atoms with Crippen LogP contribution in [0.15, 0.2) is 30.5 Å². The molecule has 0 saturated heterocycles. The highest BCUT2D eigenvalue weighted by Gasteiger charge is 2.08. The van der Waals surface area contributed by atoms with Gasteiger partial charge >= 0.3 is 0 Å². The van der Waals surface area contributed by atoms with Crippen LogP contribution >= 0.6 is 11.6 Å². The van der Waals surface area contributed by atoms with E-state index in [4.69, 9.17) is 21.1 Å². The summed E-state index contributed by atoms with van der Waals surface area (Å²) >= 11 is 6.12. The smallest absolute Gasteiger partial charge is 0.158 e. The summed E-state index contributed by atoms with van der Waals surface area (Å²) in [5.41, 5.74) is 1.14. The Morgan fingerprint density at radius 1 is 1.24 bits per heavy atom. The summed E-state index contributed by atoms with van der Waals surface area (Å²) in [4.78, 5) is 0. The van der Waals surface area contributed by atoms with Crippen molar-refractivity contribution in [3.63, 3.8) is 0 Å². The normalized spacial score (nSPS) is 11.5. The average Bonchev–Trinajstić information content (AvgIpc) is 2.75. The second-order valence-corrected chi connectivity index (χ2v) is 4.28. The van der Waals surface area contributed by atoms with Gasteiger partial charge in [0.05, 0.1) is 0 Å². The summed E-state index contributed by atoms with van der Waals surface area (Å²) in [6.07, 6.45) is 2.69. The van der Waals surface area contributed by atoms with Crippen LogP contribution in [0.2, 0.25) is 5.02 Å². The summed E-state index contributed by atoms with van der Waals surface area (Å²) in [5, 5.41) is 1.87. The molecule has 1 aromatic carbocycles. The Morgan fingerprint density at radius 2 is 2.00 bits per heavy atom. The van der Waals surface area contributed by atoms with Gasteiger partial charge in [0.2, 0.25) is 0 Å². The van der Waals surface area contributed by atoms with E-state index in [1.54, 1.807) is 14.2 Å². The van der Waals surface area contributed by atoms with Crippen LogP contribution in [0.1, 0.15) is 6.42 Å². The van der Waals surface area contributed by atoms with E-state index in [0.717, 1.165) is 28.9 Å². The maximum absolute atomic E-state index is 6.12. The standard InChI is InChI=1S/C13H16ClNO2/c1-16-13(17-2)7-9-15-8-6-10-11(14)4-3-5-12(10)15/h3-6,8,13H,7,9H2,1-2H3. The molecule has 1 aromatic heterocycles. The van der Waals surface area contributed by atoms with Gasteiger partial charge in [0.1, 0.15) is 0 Å². The minimum Gasteiger partial charge on any atom is -0.356 e. The highest BCUT2D eigenvalue weighted by molar-refractivity contribution is 6.35. The summed E-state index contributed by atoms with van der Waals surface area (Å²) in [5.74, 6) is 0. The fourth-order valence-electron chi connectivity index (χ4n) is 1.96. The first-order valence-electron chi connectivity index (χ1n) is 5.55. The molecule has 1 heterocycles. The lowest BCUT2D eigenvalue weighted by molar-refractivity contribution is -0.107. The molecule has 0 saturated carbocycles. The van der Waals surface area contributed by atoms with Crippen molar-refractivity contribution in [1.29, 1.82) is 0 Å². The largest absolute Gasteiger partial charge is 0.356 e. The summed E-state index contributed by atoms with van der Waals surface area (Å²) < 4.78 is 12.5. The Morgan fingerprint density at radius 3 is 2.71 bits per heavy atom. The molecule has 0 atom stereocenters. The SMILES string of the molecule is COC(CCn1ccc2c(Cl)cccc21)OC. The van der Waals surface area contributed by atoms with Crippen LogP contribution in [0.25, 0.3) is 10.9 Å². The number of aryl methyl sites for hydroxylation is 1. The number of aromatic nitrogens is 1. The molecule has 92 valence electrons. The highest BCUT2D eigenvalue weighted by atomic mass is 35.5. The minimum atomic E-state index is -0.161. The van der Waals surface area contributed by atoms with E-state index in [2.05, 4.69) is 10.6 Å². The molecule has 17 heavy (non-hydrogen) atoms. The molecular weight excluding hydrogens is 238 g/mol. The zero-order valence-corrected chi connectivity index (χ0v) is 10.8. The van der Waals surface area contributed by atoms with Crippen LogP contribution in [-0.2, 0) is 16.0 Å². The number of halogens is 1. The van der Waals surface area contributed by atoms with E-state index in [0.29, 0.717) is 0 Å². The first-order valence-corrected chi connectivity index (χ1v) is 5.93. The van der Waals surface area contributed by atoms with Gasteiger partial charge in [0, 0.05) is 49.3 Å². The third-order valence-corrected chi connectivity index (χ3v) is 3.22. The van der Waals surface area contributed by atoms with Crippen LogP contribution in [0.3, 0.4) is 0 Å². The molecule has 0 N–H and O–H groups in total. The van der Waals surface area contributed by atoms with Gasteiger partial charge < -0.3 is 14.0 Å². The van der Waals surface area contributed by atoms with Gasteiger partial charge in [-0.25, -0.2) is 0 Å². The van der Waals surface area contributed by atoms with Gasteiger partial charge in [0.25, 0.3) is 0 Å². The Kier molecular flexibility index (Phi) is 4.05. The predicted molar refractivity (Wildman–Crippen MR) is 69.4 cm³/mol. The second kappa shape index (κ2) is 5.54. The predicted octanol–water partition coefficient (Wildman–Crippen LogP) is 3.30. The quantitative estimate of drug-likeness (QED) is 0.764. The topological polar surface area (TPSA) is 23.4 Å². The van der Waals surface area contributed by atoms with Crippen molar-refractivity contribution in [2.75, 3.05) is 14.2 Å². The molecule has 4 heteroatoms. The molecule has 0 radical (unpaired) electrons. The first kappa shape index (κ1) is 12.4. The molecule has 0 aliphatic heterocycles. The third-order valence-electron chi connectivity index (χ3n) is 2.89. The molecule has 0 aliphatic rings. The molecule has 0 unspecified atom stereocenters. The molecular formula is C13H16ClNO2. The second-order valence-electron chi connectivity index (χ2n) is 3.87. The zero-order chi connectivity index (χ0) is 12.3. The van der Waals surface area contributed by atoms with Gasteiger partial charge in [-0.1, -0.05) is 17.7 Å². The number of fused-ring (bicyclic) bond motifs is 1. The zero-order valence-electron chi connectivity index (χ0n) is 10.0. The third kappa shape index (κ3) is 2.63. The highest BCUT2D eigenvalue weighted by Crippen LogP contribution is 2.24. The summed E-state index contributed by atoms with van der Waals surface area (Å²) in [6.45, 7) is 0.843. The maximum Gasteiger partial charge on any atom is 0.158 e. The van der Waals surface area contributed by atoms with E-state index in [9.17, 15) is 0 Å². The van der Waals surface area contributed by atoms with Crippen molar-refractivity contribution in [3.8, 4) is 0 Å². The lowest BCUT2D eigenvalue weighted by atomic mass is 10.2. The average molecular weight is 254 g/mol. The van der Waals surface area contributed by atoms with Crippen LogP contribution in [0, 0.1) is 0 Å². The van der Waals surface area contributed by atoms with Gasteiger partial charge in [-0.3, -0.25) is 0 Å². The molecule has 0 spiro atoms. The van der Waals surface area contributed by atoms with Gasteiger partial charge in [-0.05, 0) is 18.2 Å². The number of methoxy groups -OCH3 is 2. The van der Waals surface area contributed by atoms with E-state index >= 15 is 0 Å². The molecule has 0 bridgehead atoms. The van der Waals surface area contributed by atoms with Crippen molar-refractivity contribution >= 4 is 22.5 Å². The van der Waals surface area contributed by atoms with Crippen molar-refractivity contribution < 1.29 is 9.47 Å². The molecule has 3 nitrogen and oxygen atoms in total. The van der Waals surface area contributed by atoms with E-state index < -0.39 is 0 Å². The molecule has 2 aromatic rings. The van der Waals surface area contributed by atoms with Crippen molar-refractivity contribution in [1.82, 2.24) is 4.57 Å². The summed E-state index contributed by atoms with van der Waals surface area (Å²) in [7, 11) is 3.30. The van der Waals surface area contributed by atoms with Gasteiger partial charge in [-0.2, -0.15) is 0 Å². The van der Waals surface area contributed by atoms with Crippen LogP contribution in [0.4, 0.5) is 0 Å². The molecule has 0 aliphatic carbocycles. The molecule has 0 fully saturated rings. The Bertz CT molecular complexity index is 491.